The predicted molar refractivity (Wildman–Crippen MR) is 114 cm³/mol. The van der Waals surface area contributed by atoms with Gasteiger partial charge in [0.1, 0.15) is 11.7 Å². The molecule has 3 heterocycles. The van der Waals surface area contributed by atoms with Crippen LogP contribution in [0.15, 0.2) is 40.4 Å². The Bertz CT molecular complexity index is 909. The van der Waals surface area contributed by atoms with Crippen LogP contribution in [0, 0.1) is 0 Å². The number of carbonyl (C=O) groups excluding carboxylic acids is 1. The number of nitrogens with zero attached hydrogens (tertiary/aromatic N) is 3. The summed E-state index contributed by atoms with van der Waals surface area (Å²) in [5.74, 6) is 0.500. The minimum atomic E-state index is -3.19. The fourth-order valence-electron chi connectivity index (χ4n) is 3.91. The second-order valence-electron chi connectivity index (χ2n) is 7.77. The molecule has 30 heavy (non-hydrogen) atoms. The van der Waals surface area contributed by atoms with Crippen LogP contribution in [0.5, 0.6) is 0 Å². The number of carbonyl (C=O) groups is 1. The summed E-state index contributed by atoms with van der Waals surface area (Å²) in [6.45, 7) is 7.52. The number of sulfonamides is 1. The lowest BCUT2D eigenvalue weighted by Gasteiger charge is -2.35. The highest BCUT2D eigenvalue weighted by atomic mass is 32.2. The van der Waals surface area contributed by atoms with E-state index in [0.717, 1.165) is 0 Å². The van der Waals surface area contributed by atoms with Gasteiger partial charge in [0, 0.05) is 37.5 Å². The average Bonchev–Trinajstić information content (AvgIpc) is 3.20. The highest BCUT2D eigenvalue weighted by Crippen LogP contribution is 2.27. The first kappa shape index (κ1) is 22.3. The molecule has 0 aromatic heterocycles. The maximum Gasteiger partial charge on any atom is 0.257 e. The van der Waals surface area contributed by atoms with Crippen molar-refractivity contribution in [2.24, 2.45) is 16.5 Å². The van der Waals surface area contributed by atoms with E-state index in [0.29, 0.717) is 74.1 Å². The molecule has 10 nitrogen and oxygen atoms in total. The van der Waals surface area contributed by atoms with Gasteiger partial charge >= 0.3 is 0 Å². The van der Waals surface area contributed by atoms with E-state index in [4.69, 9.17) is 16.2 Å². The third-order valence-corrected chi connectivity index (χ3v) is 6.98. The molecular weight excluding hydrogens is 408 g/mol. The fraction of sp³-hybridized carbons (Fsp3) is 0.579. The molecule has 0 bridgehead atoms. The van der Waals surface area contributed by atoms with E-state index in [1.165, 1.54) is 16.8 Å². The molecule has 0 unspecified atom stereocenters. The van der Waals surface area contributed by atoms with E-state index < -0.39 is 10.0 Å². The fourth-order valence-corrected chi connectivity index (χ4v) is 4.79. The first-order chi connectivity index (χ1) is 14.1. The molecule has 3 aliphatic heterocycles. The molecule has 0 aliphatic carbocycles. The van der Waals surface area contributed by atoms with Gasteiger partial charge in [-0.05, 0) is 26.2 Å². The molecule has 3 aliphatic rings. The maximum absolute atomic E-state index is 13.0. The second-order valence-corrected chi connectivity index (χ2v) is 9.76. The summed E-state index contributed by atoms with van der Waals surface area (Å²) in [5.41, 5.74) is 13.2. The van der Waals surface area contributed by atoms with Gasteiger partial charge in [-0.15, -0.1) is 0 Å². The van der Waals surface area contributed by atoms with Crippen LogP contribution >= 0.6 is 0 Å². The van der Waals surface area contributed by atoms with Crippen LogP contribution in [-0.4, -0.2) is 74.0 Å². The Balaban J connectivity index is 1.80. The molecule has 166 valence electrons. The zero-order valence-electron chi connectivity index (χ0n) is 17.4. The van der Waals surface area contributed by atoms with Gasteiger partial charge in [0.25, 0.3) is 5.91 Å². The monoisotopic (exact) mass is 438 g/mol. The zero-order valence-corrected chi connectivity index (χ0v) is 18.2. The summed E-state index contributed by atoms with van der Waals surface area (Å²) in [7, 11) is -3.19. The third kappa shape index (κ3) is 4.52. The van der Waals surface area contributed by atoms with Crippen molar-refractivity contribution >= 4 is 21.8 Å². The SMILES string of the molecule is C=C(/N=C1\C(=C/N)C(N)=C(C)C(=O)N1[C@@H]1CCOC1)NC1CCN(S(C)(=O)=O)CC1. The van der Waals surface area contributed by atoms with Crippen molar-refractivity contribution in [2.45, 2.75) is 38.3 Å². The number of nitrogens with one attached hydrogen (secondary N) is 1. The first-order valence-corrected chi connectivity index (χ1v) is 11.8. The number of amidine groups is 1. The molecule has 0 aromatic carbocycles. The molecule has 1 amide bonds. The molecule has 3 rings (SSSR count). The zero-order chi connectivity index (χ0) is 22.1. The number of piperidine rings is 1. The molecule has 2 fully saturated rings. The van der Waals surface area contributed by atoms with E-state index in [2.05, 4.69) is 16.9 Å². The molecule has 0 saturated carbocycles. The van der Waals surface area contributed by atoms with Crippen LogP contribution in [0.25, 0.3) is 0 Å². The Morgan fingerprint density at radius 2 is 2.00 bits per heavy atom. The van der Waals surface area contributed by atoms with Crippen molar-refractivity contribution in [1.82, 2.24) is 14.5 Å². The van der Waals surface area contributed by atoms with E-state index in [1.54, 1.807) is 11.8 Å². The van der Waals surface area contributed by atoms with E-state index in [9.17, 15) is 13.2 Å². The van der Waals surface area contributed by atoms with Gasteiger partial charge in [0.2, 0.25) is 10.0 Å². The van der Waals surface area contributed by atoms with E-state index >= 15 is 0 Å². The Hall–Kier alpha value is -2.37. The summed E-state index contributed by atoms with van der Waals surface area (Å²) in [4.78, 5) is 19.1. The lowest BCUT2D eigenvalue weighted by Crippen LogP contribution is -2.50. The van der Waals surface area contributed by atoms with Gasteiger partial charge in [-0.1, -0.05) is 6.58 Å². The number of rotatable bonds is 5. The average molecular weight is 439 g/mol. The first-order valence-electron chi connectivity index (χ1n) is 9.93. The van der Waals surface area contributed by atoms with Crippen molar-refractivity contribution in [3.63, 3.8) is 0 Å². The number of aliphatic imine (C=N–C) groups is 1. The summed E-state index contributed by atoms with van der Waals surface area (Å²) >= 11 is 0. The number of hydrogen-bond donors (Lipinski definition) is 3. The van der Waals surface area contributed by atoms with Crippen LogP contribution < -0.4 is 16.8 Å². The summed E-state index contributed by atoms with van der Waals surface area (Å²) in [5, 5.41) is 3.24. The Labute approximate surface area is 177 Å². The van der Waals surface area contributed by atoms with Gasteiger partial charge in [-0.25, -0.2) is 17.7 Å². The van der Waals surface area contributed by atoms with Crippen molar-refractivity contribution in [3.8, 4) is 0 Å². The Morgan fingerprint density at radius 3 is 2.53 bits per heavy atom. The van der Waals surface area contributed by atoms with Gasteiger partial charge in [0.15, 0.2) is 0 Å². The van der Waals surface area contributed by atoms with Gasteiger partial charge in [-0.2, -0.15) is 0 Å². The topological polar surface area (TPSA) is 143 Å². The lowest BCUT2D eigenvalue weighted by atomic mass is 9.98. The molecule has 0 spiro atoms. The standard InChI is InChI=1S/C19H30N6O4S/c1-12-17(21)16(10-20)18(25(19(12)26)15-6-9-29-11-15)23-13(2)22-14-4-7-24(8-5-14)30(3,27)28/h10,14-15,22H,2,4-9,11,20-21H2,1,3H3/b16-10-,23-18+/t15-/m1/s1. The maximum atomic E-state index is 13.0. The third-order valence-electron chi connectivity index (χ3n) is 5.67. The largest absolute Gasteiger partial charge is 0.404 e. The highest BCUT2D eigenvalue weighted by molar-refractivity contribution is 7.88. The number of nitrogens with two attached hydrogens (primary N) is 2. The van der Waals surface area contributed by atoms with Crippen molar-refractivity contribution in [3.05, 3.63) is 35.4 Å². The van der Waals surface area contributed by atoms with Crippen LogP contribution in [0.2, 0.25) is 0 Å². The number of hydrogen-bond acceptors (Lipinski definition) is 8. The summed E-state index contributed by atoms with van der Waals surface area (Å²) in [6.07, 6.45) is 4.53. The van der Waals surface area contributed by atoms with Crippen LogP contribution in [-0.2, 0) is 19.6 Å². The molecular formula is C19H30N6O4S. The Morgan fingerprint density at radius 1 is 1.33 bits per heavy atom. The molecule has 0 radical (unpaired) electrons. The number of ether oxygens (including phenoxy) is 1. The minimum absolute atomic E-state index is 0.0299. The molecule has 1 atom stereocenters. The smallest absolute Gasteiger partial charge is 0.257 e. The Kier molecular flexibility index (Phi) is 6.53. The van der Waals surface area contributed by atoms with Gasteiger partial charge in [-0.3, -0.25) is 9.69 Å². The van der Waals surface area contributed by atoms with Crippen molar-refractivity contribution in [1.29, 1.82) is 0 Å². The minimum Gasteiger partial charge on any atom is -0.404 e. The lowest BCUT2D eigenvalue weighted by molar-refractivity contribution is -0.125. The van der Waals surface area contributed by atoms with Crippen LogP contribution in [0.1, 0.15) is 26.2 Å². The molecule has 2 saturated heterocycles. The molecule has 0 aromatic rings. The van der Waals surface area contributed by atoms with Crippen LogP contribution in [0.4, 0.5) is 0 Å². The normalized spacial score (nSPS) is 27.3. The predicted octanol–water partition coefficient (Wildman–Crippen LogP) is -0.424. The molecule has 5 N–H and O–H groups in total. The number of amides is 1. The van der Waals surface area contributed by atoms with Crippen molar-refractivity contribution < 1.29 is 17.9 Å². The quantitative estimate of drug-likeness (QED) is 0.529. The highest BCUT2D eigenvalue weighted by Gasteiger charge is 2.38. The second kappa shape index (κ2) is 8.78. The summed E-state index contributed by atoms with van der Waals surface area (Å²) < 4.78 is 30.3. The van der Waals surface area contributed by atoms with E-state index in [1.807, 2.05) is 0 Å². The van der Waals surface area contributed by atoms with Crippen molar-refractivity contribution in [2.75, 3.05) is 32.6 Å². The summed E-state index contributed by atoms with van der Waals surface area (Å²) in [6, 6.07) is -0.123. The molecule has 11 heteroatoms. The van der Waals surface area contributed by atoms with E-state index in [-0.39, 0.29) is 18.0 Å². The van der Waals surface area contributed by atoms with Gasteiger partial charge in [0.05, 0.1) is 30.2 Å². The van der Waals surface area contributed by atoms with Crippen LogP contribution in [0.3, 0.4) is 0 Å². The van der Waals surface area contributed by atoms with Gasteiger partial charge < -0.3 is 21.5 Å².